The second-order valence-corrected chi connectivity index (χ2v) is 2.06. The second kappa shape index (κ2) is 5.41. The fourth-order valence-electron chi connectivity index (χ4n) is 0.150. The van der Waals surface area contributed by atoms with Crippen molar-refractivity contribution in [3.8, 4) is 0 Å². The van der Waals surface area contributed by atoms with Gasteiger partial charge < -0.3 is 14.2 Å². The number of ether oxygens (including phenoxy) is 1. The molecule has 0 rings (SSSR count). The zero-order chi connectivity index (χ0) is 6.41. The van der Waals surface area contributed by atoms with Gasteiger partial charge in [0, 0.05) is 14.2 Å². The smallest absolute Gasteiger partial charge is 0.331 e. The molecular weight excluding hydrogens is 131 g/mol. The van der Waals surface area contributed by atoms with E-state index in [4.69, 9.17) is 4.89 Å². The minimum atomic E-state index is -1.71. The predicted octanol–water partition coefficient (Wildman–Crippen LogP) is 0.473. The lowest BCUT2D eigenvalue weighted by Gasteiger charge is -2.04. The van der Waals surface area contributed by atoms with Crippen LogP contribution in [0, 0.1) is 0 Å². The van der Waals surface area contributed by atoms with Crippen molar-refractivity contribution >= 4 is 8.60 Å². The van der Waals surface area contributed by atoms with Crippen LogP contribution in [0.15, 0.2) is 0 Å². The summed E-state index contributed by atoms with van der Waals surface area (Å²) in [6.45, 7) is 0.0655. The second-order valence-electron chi connectivity index (χ2n) is 0.956. The van der Waals surface area contributed by atoms with Crippen molar-refractivity contribution in [1.82, 2.24) is 0 Å². The standard InChI is InChI=1S/C3H9O4P/c1-5-3-7-8(4)6-2/h4H,3H2,1-2H3. The number of hydrogen-bond donors (Lipinski definition) is 1. The Morgan fingerprint density at radius 3 is 2.50 bits per heavy atom. The van der Waals surface area contributed by atoms with Crippen molar-refractivity contribution in [2.24, 2.45) is 0 Å². The maximum Gasteiger partial charge on any atom is 0.331 e. The highest BCUT2D eigenvalue weighted by Crippen LogP contribution is 2.30. The summed E-state index contributed by atoms with van der Waals surface area (Å²) in [5, 5.41) is 0. The maximum atomic E-state index is 8.53. The fourth-order valence-corrected chi connectivity index (χ4v) is 0.451. The van der Waals surface area contributed by atoms with Crippen LogP contribution in [0.25, 0.3) is 0 Å². The minimum Gasteiger partial charge on any atom is -0.358 e. The first-order valence-corrected chi connectivity index (χ1v) is 3.09. The Kier molecular flexibility index (Phi) is 5.59. The summed E-state index contributed by atoms with van der Waals surface area (Å²) in [5.41, 5.74) is 0. The van der Waals surface area contributed by atoms with Crippen LogP contribution in [-0.4, -0.2) is 25.9 Å². The average Bonchev–Trinajstić information content (AvgIpc) is 1.83. The first kappa shape index (κ1) is 8.27. The lowest BCUT2D eigenvalue weighted by atomic mass is 11.4. The average molecular weight is 140 g/mol. The van der Waals surface area contributed by atoms with Crippen LogP contribution in [0.3, 0.4) is 0 Å². The summed E-state index contributed by atoms with van der Waals surface area (Å²) in [7, 11) is 1.12. The van der Waals surface area contributed by atoms with Gasteiger partial charge in [-0.2, -0.15) is 0 Å². The Hall–Kier alpha value is 0.270. The van der Waals surface area contributed by atoms with Gasteiger partial charge in [-0.15, -0.1) is 0 Å². The normalized spacial score (nSPS) is 13.9. The fraction of sp³-hybridized carbons (Fsp3) is 1.00. The van der Waals surface area contributed by atoms with E-state index >= 15 is 0 Å². The van der Waals surface area contributed by atoms with E-state index in [-0.39, 0.29) is 6.79 Å². The van der Waals surface area contributed by atoms with Gasteiger partial charge in [0.1, 0.15) is 0 Å². The molecule has 0 aliphatic rings. The highest BCUT2D eigenvalue weighted by atomic mass is 31.2. The molecule has 0 saturated carbocycles. The lowest BCUT2D eigenvalue weighted by Crippen LogP contribution is -1.91. The molecule has 50 valence electrons. The van der Waals surface area contributed by atoms with E-state index in [1.165, 1.54) is 14.2 Å². The van der Waals surface area contributed by atoms with Crippen LogP contribution in [0.1, 0.15) is 0 Å². The molecule has 0 amide bonds. The number of hydrogen-bond acceptors (Lipinski definition) is 4. The summed E-state index contributed by atoms with van der Waals surface area (Å²) in [6, 6.07) is 0. The summed E-state index contributed by atoms with van der Waals surface area (Å²) in [4.78, 5) is 8.53. The maximum absolute atomic E-state index is 8.53. The first-order valence-electron chi connectivity index (χ1n) is 1.96. The van der Waals surface area contributed by atoms with Gasteiger partial charge in [0.2, 0.25) is 0 Å². The van der Waals surface area contributed by atoms with Crippen LogP contribution >= 0.6 is 8.60 Å². The topological polar surface area (TPSA) is 47.9 Å². The summed E-state index contributed by atoms with van der Waals surface area (Å²) >= 11 is 0. The number of rotatable bonds is 4. The molecule has 0 aliphatic heterocycles. The quantitative estimate of drug-likeness (QED) is 0.455. The summed E-state index contributed by atoms with van der Waals surface area (Å²) in [6.07, 6.45) is 0. The molecule has 0 aromatic rings. The monoisotopic (exact) mass is 140 g/mol. The van der Waals surface area contributed by atoms with E-state index in [9.17, 15) is 0 Å². The number of methoxy groups -OCH3 is 1. The molecule has 0 radical (unpaired) electrons. The van der Waals surface area contributed by atoms with E-state index in [0.717, 1.165) is 0 Å². The molecule has 0 heterocycles. The van der Waals surface area contributed by atoms with Crippen LogP contribution in [0.2, 0.25) is 0 Å². The third kappa shape index (κ3) is 4.43. The van der Waals surface area contributed by atoms with Crippen molar-refractivity contribution in [1.29, 1.82) is 0 Å². The van der Waals surface area contributed by atoms with E-state index in [0.29, 0.717) is 0 Å². The van der Waals surface area contributed by atoms with Crippen molar-refractivity contribution < 1.29 is 18.7 Å². The van der Waals surface area contributed by atoms with Gasteiger partial charge in [0.25, 0.3) is 0 Å². The Labute approximate surface area is 49.4 Å². The van der Waals surface area contributed by atoms with E-state index in [1.54, 1.807) is 0 Å². The molecular formula is C3H9O4P. The van der Waals surface area contributed by atoms with Gasteiger partial charge in [0.15, 0.2) is 6.79 Å². The predicted molar refractivity (Wildman–Crippen MR) is 29.1 cm³/mol. The van der Waals surface area contributed by atoms with Gasteiger partial charge in [-0.3, -0.25) is 4.52 Å². The molecule has 1 N–H and O–H groups in total. The molecule has 0 fully saturated rings. The molecule has 4 nitrogen and oxygen atoms in total. The summed E-state index contributed by atoms with van der Waals surface area (Å²) in [5.74, 6) is 0. The van der Waals surface area contributed by atoms with E-state index in [1.807, 2.05) is 0 Å². The molecule has 1 atom stereocenters. The summed E-state index contributed by atoms with van der Waals surface area (Å²) < 4.78 is 13.4. The molecule has 1 unspecified atom stereocenters. The minimum absolute atomic E-state index is 0.0655. The Morgan fingerprint density at radius 2 is 2.12 bits per heavy atom. The molecule has 0 aromatic heterocycles. The van der Waals surface area contributed by atoms with Crippen LogP contribution in [0.5, 0.6) is 0 Å². The zero-order valence-electron chi connectivity index (χ0n) is 4.83. The highest BCUT2D eigenvalue weighted by Gasteiger charge is 1.99. The highest BCUT2D eigenvalue weighted by molar-refractivity contribution is 7.40. The van der Waals surface area contributed by atoms with Crippen molar-refractivity contribution in [2.75, 3.05) is 21.0 Å². The third-order valence-electron chi connectivity index (χ3n) is 0.437. The van der Waals surface area contributed by atoms with E-state index < -0.39 is 8.60 Å². The Balaban J connectivity index is 2.86. The van der Waals surface area contributed by atoms with Gasteiger partial charge in [0.05, 0.1) is 0 Å². The SMILES string of the molecule is COCOP(O)OC. The lowest BCUT2D eigenvalue weighted by molar-refractivity contribution is 0.0389. The van der Waals surface area contributed by atoms with Gasteiger partial charge >= 0.3 is 8.60 Å². The largest absolute Gasteiger partial charge is 0.358 e. The third-order valence-corrected chi connectivity index (χ3v) is 1.08. The Morgan fingerprint density at radius 1 is 1.50 bits per heavy atom. The van der Waals surface area contributed by atoms with Gasteiger partial charge in [-0.05, 0) is 0 Å². The molecule has 8 heavy (non-hydrogen) atoms. The molecule has 0 bridgehead atoms. The molecule has 5 heteroatoms. The van der Waals surface area contributed by atoms with Crippen molar-refractivity contribution in [2.45, 2.75) is 0 Å². The van der Waals surface area contributed by atoms with Crippen LogP contribution in [-0.2, 0) is 13.8 Å². The zero-order valence-corrected chi connectivity index (χ0v) is 5.72. The van der Waals surface area contributed by atoms with Crippen LogP contribution in [0.4, 0.5) is 0 Å². The van der Waals surface area contributed by atoms with Crippen LogP contribution < -0.4 is 0 Å². The van der Waals surface area contributed by atoms with Crippen molar-refractivity contribution in [3.05, 3.63) is 0 Å². The van der Waals surface area contributed by atoms with E-state index in [2.05, 4.69) is 13.8 Å². The molecule has 0 saturated heterocycles. The first-order chi connectivity index (χ1) is 3.81. The van der Waals surface area contributed by atoms with Gasteiger partial charge in [-0.1, -0.05) is 0 Å². The molecule has 0 aromatic carbocycles. The van der Waals surface area contributed by atoms with Gasteiger partial charge in [-0.25, -0.2) is 0 Å². The molecule has 0 aliphatic carbocycles. The molecule has 0 spiro atoms. The van der Waals surface area contributed by atoms with Crippen molar-refractivity contribution in [3.63, 3.8) is 0 Å². The Bertz CT molecular complexity index is 50.5.